The van der Waals surface area contributed by atoms with E-state index >= 15 is 0 Å². The molecule has 3 unspecified atom stereocenters. The van der Waals surface area contributed by atoms with E-state index in [1.165, 1.54) is 25.0 Å². The minimum Gasteiger partial charge on any atom is -0.389 e. The summed E-state index contributed by atoms with van der Waals surface area (Å²) in [6.07, 6.45) is 6.44. The zero-order valence-electron chi connectivity index (χ0n) is 11.8. The van der Waals surface area contributed by atoms with Crippen molar-refractivity contribution in [2.24, 2.45) is 11.8 Å². The highest BCUT2D eigenvalue weighted by Gasteiger charge is 2.50. The number of aliphatic hydroxyl groups is 1. The molecule has 106 valence electrons. The first-order valence-corrected chi connectivity index (χ1v) is 8.33. The lowest BCUT2D eigenvalue weighted by molar-refractivity contribution is -0.0142. The number of halogens is 1. The Balaban J connectivity index is 1.89. The van der Waals surface area contributed by atoms with Crippen molar-refractivity contribution in [3.63, 3.8) is 0 Å². The molecule has 2 aliphatic carbocycles. The van der Waals surface area contributed by atoms with Crippen molar-refractivity contribution in [3.8, 4) is 0 Å². The standard InChI is InChI=1S/C15H23BrN2O/c1-3-12-14(16)13(18(4-2)17-12)9-15(19)8-10-5-6-11(15)7-10/h10-11,19H,3-9H2,1-2H3. The first-order valence-electron chi connectivity index (χ1n) is 7.53. The van der Waals surface area contributed by atoms with Gasteiger partial charge in [0.15, 0.2) is 0 Å². The molecule has 0 saturated heterocycles. The third-order valence-electron chi connectivity index (χ3n) is 5.11. The molecule has 0 aliphatic heterocycles. The molecule has 1 heterocycles. The Hall–Kier alpha value is -0.350. The largest absolute Gasteiger partial charge is 0.389 e. The van der Waals surface area contributed by atoms with Crippen molar-refractivity contribution in [2.45, 2.75) is 64.5 Å². The minimum absolute atomic E-state index is 0.483. The third kappa shape index (κ3) is 2.17. The van der Waals surface area contributed by atoms with E-state index in [1.807, 2.05) is 0 Å². The maximum atomic E-state index is 11.0. The van der Waals surface area contributed by atoms with Crippen molar-refractivity contribution in [3.05, 3.63) is 15.9 Å². The summed E-state index contributed by atoms with van der Waals surface area (Å²) in [6, 6.07) is 0. The van der Waals surface area contributed by atoms with Crippen molar-refractivity contribution in [1.29, 1.82) is 0 Å². The summed E-state index contributed by atoms with van der Waals surface area (Å²) in [7, 11) is 0. The predicted octanol–water partition coefficient (Wildman–Crippen LogP) is 3.32. The van der Waals surface area contributed by atoms with Crippen molar-refractivity contribution < 1.29 is 5.11 Å². The quantitative estimate of drug-likeness (QED) is 0.921. The summed E-state index contributed by atoms with van der Waals surface area (Å²) in [4.78, 5) is 0. The second kappa shape index (κ2) is 4.88. The fraction of sp³-hybridized carbons (Fsp3) is 0.800. The van der Waals surface area contributed by atoms with Gasteiger partial charge in [0, 0.05) is 13.0 Å². The van der Waals surface area contributed by atoms with Gasteiger partial charge in [0.2, 0.25) is 0 Å². The summed E-state index contributed by atoms with van der Waals surface area (Å²) in [5.41, 5.74) is 1.82. The number of rotatable bonds is 4. The van der Waals surface area contributed by atoms with Gasteiger partial charge in [-0.25, -0.2) is 0 Å². The predicted molar refractivity (Wildman–Crippen MR) is 79.1 cm³/mol. The summed E-state index contributed by atoms with van der Waals surface area (Å²) >= 11 is 3.69. The van der Waals surface area contributed by atoms with Gasteiger partial charge in [-0.3, -0.25) is 4.68 Å². The molecule has 0 amide bonds. The van der Waals surface area contributed by atoms with E-state index in [1.54, 1.807) is 0 Å². The molecule has 1 aromatic rings. The number of fused-ring (bicyclic) bond motifs is 2. The van der Waals surface area contributed by atoms with E-state index in [0.29, 0.717) is 5.92 Å². The van der Waals surface area contributed by atoms with E-state index in [4.69, 9.17) is 0 Å². The Bertz CT molecular complexity index is 485. The zero-order chi connectivity index (χ0) is 13.6. The molecule has 3 nitrogen and oxygen atoms in total. The summed E-state index contributed by atoms with van der Waals surface area (Å²) < 4.78 is 3.18. The van der Waals surface area contributed by atoms with Crippen molar-refractivity contribution >= 4 is 15.9 Å². The molecule has 0 spiro atoms. The van der Waals surface area contributed by atoms with Crippen LogP contribution in [-0.2, 0) is 19.4 Å². The average molecular weight is 327 g/mol. The molecule has 19 heavy (non-hydrogen) atoms. The third-order valence-corrected chi connectivity index (χ3v) is 6.03. The van der Waals surface area contributed by atoms with Crippen LogP contribution < -0.4 is 0 Å². The van der Waals surface area contributed by atoms with Crippen LogP contribution in [0.4, 0.5) is 0 Å². The van der Waals surface area contributed by atoms with Gasteiger partial charge in [-0.1, -0.05) is 6.92 Å². The fourth-order valence-electron chi connectivity index (χ4n) is 4.11. The molecule has 4 heteroatoms. The normalized spacial score (nSPS) is 33.3. The highest BCUT2D eigenvalue weighted by molar-refractivity contribution is 9.10. The van der Waals surface area contributed by atoms with Crippen LogP contribution in [0.2, 0.25) is 0 Å². The second-order valence-electron chi connectivity index (χ2n) is 6.24. The lowest BCUT2D eigenvalue weighted by atomic mass is 9.81. The van der Waals surface area contributed by atoms with Gasteiger partial charge in [0.25, 0.3) is 0 Å². The van der Waals surface area contributed by atoms with Gasteiger partial charge in [-0.15, -0.1) is 0 Å². The van der Waals surface area contributed by atoms with Gasteiger partial charge in [-0.05, 0) is 66.8 Å². The van der Waals surface area contributed by atoms with Crippen LogP contribution >= 0.6 is 15.9 Å². The number of aryl methyl sites for hydroxylation is 2. The van der Waals surface area contributed by atoms with Crippen LogP contribution in [0.25, 0.3) is 0 Å². The van der Waals surface area contributed by atoms with Crippen LogP contribution in [0.1, 0.15) is 50.9 Å². The molecule has 1 N–H and O–H groups in total. The number of hydrogen-bond acceptors (Lipinski definition) is 2. The molecule has 2 saturated carbocycles. The molecule has 0 aromatic carbocycles. The van der Waals surface area contributed by atoms with Crippen LogP contribution in [-0.4, -0.2) is 20.5 Å². The average Bonchev–Trinajstić information content (AvgIpc) is 3.04. The SMILES string of the molecule is CCc1nn(CC)c(CC2(O)CC3CCC2C3)c1Br. The number of hydrogen-bond donors (Lipinski definition) is 1. The molecule has 0 radical (unpaired) electrons. The first-order chi connectivity index (χ1) is 9.07. The summed E-state index contributed by atoms with van der Waals surface area (Å²) in [6.45, 7) is 5.12. The maximum Gasteiger partial charge on any atom is 0.0766 e. The molecule has 2 aliphatic rings. The number of nitrogens with zero attached hydrogens (tertiary/aromatic N) is 2. The Morgan fingerprint density at radius 2 is 2.21 bits per heavy atom. The Morgan fingerprint density at radius 3 is 2.74 bits per heavy atom. The molecular weight excluding hydrogens is 304 g/mol. The molecule has 1 aromatic heterocycles. The Kier molecular flexibility index (Phi) is 3.50. The van der Waals surface area contributed by atoms with Gasteiger partial charge in [0.05, 0.1) is 21.5 Å². The molecule has 3 rings (SSSR count). The van der Waals surface area contributed by atoms with Gasteiger partial charge in [0.1, 0.15) is 0 Å². The molecule has 2 fully saturated rings. The Labute approximate surface area is 123 Å². The van der Waals surface area contributed by atoms with Crippen molar-refractivity contribution in [1.82, 2.24) is 9.78 Å². The summed E-state index contributed by atoms with van der Waals surface area (Å²) in [5.74, 6) is 1.27. The smallest absolute Gasteiger partial charge is 0.0766 e. The second-order valence-corrected chi connectivity index (χ2v) is 7.03. The molecule has 2 bridgehead atoms. The van der Waals surface area contributed by atoms with Gasteiger partial charge < -0.3 is 5.11 Å². The topological polar surface area (TPSA) is 38.0 Å². The Morgan fingerprint density at radius 1 is 1.42 bits per heavy atom. The lowest BCUT2D eigenvalue weighted by Crippen LogP contribution is -2.38. The van der Waals surface area contributed by atoms with Crippen LogP contribution in [0.3, 0.4) is 0 Å². The van der Waals surface area contributed by atoms with E-state index < -0.39 is 5.60 Å². The maximum absolute atomic E-state index is 11.0. The molecular formula is C15H23BrN2O. The summed E-state index contributed by atoms with van der Waals surface area (Å²) in [5, 5.41) is 15.6. The van der Waals surface area contributed by atoms with Crippen LogP contribution in [0.15, 0.2) is 4.47 Å². The highest BCUT2D eigenvalue weighted by atomic mass is 79.9. The van der Waals surface area contributed by atoms with Crippen LogP contribution in [0, 0.1) is 11.8 Å². The van der Waals surface area contributed by atoms with Crippen LogP contribution in [0.5, 0.6) is 0 Å². The lowest BCUT2D eigenvalue weighted by Gasteiger charge is -2.32. The van der Waals surface area contributed by atoms with E-state index in [-0.39, 0.29) is 0 Å². The van der Waals surface area contributed by atoms with E-state index in [0.717, 1.165) is 41.9 Å². The van der Waals surface area contributed by atoms with Crippen molar-refractivity contribution in [2.75, 3.05) is 0 Å². The highest BCUT2D eigenvalue weighted by Crippen LogP contribution is 2.52. The zero-order valence-corrected chi connectivity index (χ0v) is 13.4. The van der Waals surface area contributed by atoms with Gasteiger partial charge in [-0.2, -0.15) is 5.10 Å². The fourth-order valence-corrected chi connectivity index (χ4v) is 4.81. The molecule has 3 atom stereocenters. The monoisotopic (exact) mass is 326 g/mol. The van der Waals surface area contributed by atoms with E-state index in [9.17, 15) is 5.11 Å². The number of aromatic nitrogens is 2. The van der Waals surface area contributed by atoms with E-state index in [2.05, 4.69) is 39.6 Å². The van der Waals surface area contributed by atoms with Gasteiger partial charge >= 0.3 is 0 Å². The minimum atomic E-state index is -0.483. The first kappa shape index (κ1) is 13.6.